The molecule has 1 aromatic rings. The molecule has 10 nitrogen and oxygen atoms in total. The van der Waals surface area contributed by atoms with Crippen LogP contribution in [-0.2, 0) is 28.9 Å². The van der Waals surface area contributed by atoms with Gasteiger partial charge in [-0.25, -0.2) is 13.2 Å². The van der Waals surface area contributed by atoms with Crippen molar-refractivity contribution in [3.8, 4) is 0 Å². The quantitative estimate of drug-likeness (QED) is 0.519. The number of carboxylic acids is 1. The molecule has 0 aliphatic heterocycles. The fraction of sp³-hybridized carbons (Fsp3) is 0.444. The highest BCUT2D eigenvalue weighted by Crippen LogP contribution is 2.01. The molecule has 0 amide bonds. The SMILES string of the molecule is Cn1cc(S(=O)(=O)NC(CO)C(=O)O)c(=O)n(C)c1=O. The van der Waals surface area contributed by atoms with Crippen molar-refractivity contribution in [2.75, 3.05) is 6.61 Å². The number of carbonyl (C=O) groups is 1. The molecule has 112 valence electrons. The van der Waals surface area contributed by atoms with E-state index in [4.69, 9.17) is 10.2 Å². The minimum absolute atomic E-state index is 0.573. The van der Waals surface area contributed by atoms with E-state index in [1.54, 1.807) is 4.72 Å². The lowest BCUT2D eigenvalue weighted by Gasteiger charge is -2.13. The number of aryl methyl sites for hydroxylation is 1. The van der Waals surface area contributed by atoms with Crippen LogP contribution in [0.15, 0.2) is 20.7 Å². The van der Waals surface area contributed by atoms with Crippen LogP contribution in [0.25, 0.3) is 0 Å². The van der Waals surface area contributed by atoms with Crippen LogP contribution in [0.2, 0.25) is 0 Å². The maximum atomic E-state index is 11.9. The van der Waals surface area contributed by atoms with Crippen LogP contribution >= 0.6 is 0 Å². The summed E-state index contributed by atoms with van der Waals surface area (Å²) in [5.41, 5.74) is -1.83. The number of hydrogen-bond acceptors (Lipinski definition) is 6. The standard InChI is InChI=1S/C9H13N3O7S/c1-11-3-6(7(14)12(2)9(11)17)20(18,19)10-5(4-13)8(15)16/h3,5,10,13H,4H2,1-2H3,(H,15,16). The van der Waals surface area contributed by atoms with Gasteiger partial charge in [0.15, 0.2) is 4.90 Å². The molecule has 0 bridgehead atoms. The Morgan fingerprint density at radius 2 is 1.95 bits per heavy atom. The maximum Gasteiger partial charge on any atom is 0.330 e. The highest BCUT2D eigenvalue weighted by molar-refractivity contribution is 7.89. The minimum atomic E-state index is -4.49. The molecule has 0 aromatic carbocycles. The maximum absolute atomic E-state index is 11.9. The van der Waals surface area contributed by atoms with Crippen molar-refractivity contribution in [2.45, 2.75) is 10.9 Å². The number of hydrogen-bond donors (Lipinski definition) is 3. The molecule has 0 aliphatic rings. The number of nitrogens with zero attached hydrogens (tertiary/aromatic N) is 2. The van der Waals surface area contributed by atoms with Crippen LogP contribution in [0.5, 0.6) is 0 Å². The number of rotatable bonds is 5. The van der Waals surface area contributed by atoms with Crippen molar-refractivity contribution < 1.29 is 23.4 Å². The molecular formula is C9H13N3O7S. The third-order valence-corrected chi connectivity index (χ3v) is 3.94. The molecule has 1 unspecified atom stereocenters. The lowest BCUT2D eigenvalue weighted by Crippen LogP contribution is -2.47. The predicted molar refractivity (Wildman–Crippen MR) is 65.8 cm³/mol. The summed E-state index contributed by atoms with van der Waals surface area (Å²) in [5, 5.41) is 17.5. The van der Waals surface area contributed by atoms with Gasteiger partial charge in [0.2, 0.25) is 10.0 Å². The Bertz CT molecular complexity index is 746. The van der Waals surface area contributed by atoms with Gasteiger partial charge < -0.3 is 14.8 Å². The molecule has 3 N–H and O–H groups in total. The Hall–Kier alpha value is -1.98. The first-order chi connectivity index (χ1) is 9.11. The molecule has 0 saturated heterocycles. The van der Waals surface area contributed by atoms with E-state index in [0.29, 0.717) is 4.57 Å². The zero-order valence-electron chi connectivity index (χ0n) is 10.6. The van der Waals surface area contributed by atoms with E-state index in [0.717, 1.165) is 17.8 Å². The molecule has 0 radical (unpaired) electrons. The summed E-state index contributed by atoms with van der Waals surface area (Å²) < 4.78 is 27.0. The average molecular weight is 307 g/mol. The Kier molecular flexibility index (Phi) is 4.47. The van der Waals surface area contributed by atoms with E-state index in [9.17, 15) is 22.8 Å². The molecule has 20 heavy (non-hydrogen) atoms. The van der Waals surface area contributed by atoms with Crippen molar-refractivity contribution in [2.24, 2.45) is 14.1 Å². The molecule has 1 rings (SSSR count). The topological polar surface area (TPSA) is 148 Å². The molecule has 0 fully saturated rings. The van der Waals surface area contributed by atoms with E-state index in [1.807, 2.05) is 0 Å². The average Bonchev–Trinajstić information content (AvgIpc) is 2.37. The molecule has 1 atom stereocenters. The van der Waals surface area contributed by atoms with Crippen LogP contribution in [0.1, 0.15) is 0 Å². The van der Waals surface area contributed by atoms with E-state index >= 15 is 0 Å². The second-order valence-corrected chi connectivity index (χ2v) is 5.63. The normalized spacial score (nSPS) is 13.2. The van der Waals surface area contributed by atoms with Gasteiger partial charge in [0, 0.05) is 20.3 Å². The Morgan fingerprint density at radius 1 is 1.40 bits per heavy atom. The van der Waals surface area contributed by atoms with Gasteiger partial charge in [0.25, 0.3) is 5.56 Å². The Balaban J connectivity index is 3.41. The van der Waals surface area contributed by atoms with Crippen molar-refractivity contribution in [1.29, 1.82) is 0 Å². The number of sulfonamides is 1. The number of aliphatic carboxylic acids is 1. The zero-order chi connectivity index (χ0) is 15.7. The number of nitrogens with one attached hydrogen (secondary N) is 1. The van der Waals surface area contributed by atoms with Crippen LogP contribution in [0, 0.1) is 0 Å². The molecule has 1 aromatic heterocycles. The number of aromatic nitrogens is 2. The lowest BCUT2D eigenvalue weighted by molar-refractivity contribution is -0.139. The van der Waals surface area contributed by atoms with Crippen molar-refractivity contribution in [1.82, 2.24) is 13.9 Å². The third kappa shape index (κ3) is 2.95. The van der Waals surface area contributed by atoms with E-state index < -0.39 is 44.8 Å². The molecule has 1 heterocycles. The van der Waals surface area contributed by atoms with Gasteiger partial charge >= 0.3 is 11.7 Å². The lowest BCUT2D eigenvalue weighted by atomic mass is 10.3. The van der Waals surface area contributed by atoms with Crippen LogP contribution in [0.4, 0.5) is 0 Å². The fourth-order valence-electron chi connectivity index (χ4n) is 1.38. The molecule has 0 spiro atoms. The summed E-state index contributed by atoms with van der Waals surface area (Å²) in [6, 6.07) is -1.79. The summed E-state index contributed by atoms with van der Waals surface area (Å²) in [7, 11) is -2.17. The monoisotopic (exact) mass is 307 g/mol. The number of carboxylic acid groups (broad SMARTS) is 1. The van der Waals surface area contributed by atoms with Crippen molar-refractivity contribution in [3.63, 3.8) is 0 Å². The number of aliphatic hydroxyl groups excluding tert-OH is 1. The smallest absolute Gasteiger partial charge is 0.330 e. The third-order valence-electron chi connectivity index (χ3n) is 2.48. The van der Waals surface area contributed by atoms with E-state index in [1.165, 1.54) is 7.05 Å². The van der Waals surface area contributed by atoms with E-state index in [2.05, 4.69) is 0 Å². The highest BCUT2D eigenvalue weighted by Gasteiger charge is 2.28. The largest absolute Gasteiger partial charge is 0.480 e. The van der Waals surface area contributed by atoms with Gasteiger partial charge in [-0.2, -0.15) is 4.72 Å². The summed E-state index contributed by atoms with van der Waals surface area (Å²) in [6.45, 7) is -0.985. The zero-order valence-corrected chi connectivity index (χ0v) is 11.4. The first-order valence-electron chi connectivity index (χ1n) is 5.24. The fourth-order valence-corrected chi connectivity index (χ4v) is 2.72. The molecule has 11 heteroatoms. The van der Waals surface area contributed by atoms with Gasteiger partial charge in [0.05, 0.1) is 6.61 Å². The summed E-state index contributed by atoms with van der Waals surface area (Å²) in [5.74, 6) is -1.60. The van der Waals surface area contributed by atoms with Gasteiger partial charge in [-0.1, -0.05) is 0 Å². The van der Waals surface area contributed by atoms with Crippen LogP contribution in [-0.4, -0.2) is 46.4 Å². The second kappa shape index (κ2) is 5.56. The van der Waals surface area contributed by atoms with Crippen molar-refractivity contribution in [3.05, 3.63) is 27.0 Å². The van der Waals surface area contributed by atoms with Crippen molar-refractivity contribution >= 4 is 16.0 Å². The van der Waals surface area contributed by atoms with Gasteiger partial charge in [-0.15, -0.1) is 0 Å². The first-order valence-corrected chi connectivity index (χ1v) is 6.72. The Morgan fingerprint density at radius 3 is 2.40 bits per heavy atom. The minimum Gasteiger partial charge on any atom is -0.480 e. The van der Waals surface area contributed by atoms with Gasteiger partial charge in [-0.3, -0.25) is 14.2 Å². The molecular weight excluding hydrogens is 294 g/mol. The van der Waals surface area contributed by atoms with Crippen LogP contribution < -0.4 is 16.0 Å². The molecule has 0 saturated carbocycles. The summed E-state index contributed by atoms with van der Waals surface area (Å²) in [4.78, 5) is 33.1. The van der Waals surface area contributed by atoms with Gasteiger partial charge in [-0.05, 0) is 0 Å². The molecule has 0 aliphatic carbocycles. The highest BCUT2D eigenvalue weighted by atomic mass is 32.2. The first kappa shape index (κ1) is 16.1. The Labute approximate surface area is 112 Å². The van der Waals surface area contributed by atoms with E-state index in [-0.39, 0.29) is 0 Å². The second-order valence-electron chi connectivity index (χ2n) is 3.95. The summed E-state index contributed by atoms with van der Waals surface area (Å²) in [6.07, 6.45) is 0.781. The number of aliphatic hydroxyl groups is 1. The summed E-state index contributed by atoms with van der Waals surface area (Å²) >= 11 is 0. The van der Waals surface area contributed by atoms with Gasteiger partial charge in [0.1, 0.15) is 6.04 Å². The predicted octanol–water partition coefficient (Wildman–Crippen LogP) is -3.19. The van der Waals surface area contributed by atoms with Crippen LogP contribution in [0.3, 0.4) is 0 Å².